The molecule has 1 saturated heterocycles. The molecule has 0 unspecified atom stereocenters. The number of rotatable bonds is 4. The Hall–Kier alpha value is -2.10. The van der Waals surface area contributed by atoms with Crippen molar-refractivity contribution in [1.29, 1.82) is 0 Å². The van der Waals surface area contributed by atoms with Crippen molar-refractivity contribution in [2.45, 2.75) is 4.90 Å². The van der Waals surface area contributed by atoms with Crippen molar-refractivity contribution < 1.29 is 22.0 Å². The van der Waals surface area contributed by atoms with Gasteiger partial charge >= 0.3 is 0 Å². The minimum Gasteiger partial charge on any atom is -0.337 e. The van der Waals surface area contributed by atoms with E-state index in [1.54, 1.807) is 11.0 Å². The molecule has 1 heterocycles. The lowest BCUT2D eigenvalue weighted by Crippen LogP contribution is -2.50. The molecule has 0 bridgehead atoms. The first kappa shape index (κ1) is 20.6. The zero-order chi connectivity index (χ0) is 20.3. The van der Waals surface area contributed by atoms with Crippen molar-refractivity contribution in [2.75, 3.05) is 26.2 Å². The van der Waals surface area contributed by atoms with Gasteiger partial charge in [-0.2, -0.15) is 4.31 Å². The lowest BCUT2D eigenvalue weighted by Gasteiger charge is -2.33. The van der Waals surface area contributed by atoms with Crippen LogP contribution in [-0.2, 0) is 14.8 Å². The Bertz CT molecular complexity index is 1020. The molecule has 3 rings (SSSR count). The molecule has 9 heteroatoms. The third-order valence-electron chi connectivity index (χ3n) is 4.35. The average molecular weight is 471 g/mol. The standard InChI is InChI=1S/C19H17BrF2N2O3S/c20-15-3-1-2-14(12-15)4-7-19(25)23-8-10-24(11-9-23)28(26,27)16-5-6-17(21)18(22)13-16/h1-7,12-13H,8-11H2/b7-4+. The van der Waals surface area contributed by atoms with Crippen LogP contribution in [0, 0.1) is 11.6 Å². The van der Waals surface area contributed by atoms with Gasteiger partial charge in [0.15, 0.2) is 11.6 Å². The molecule has 1 fully saturated rings. The number of piperazine rings is 1. The molecule has 0 atom stereocenters. The van der Waals surface area contributed by atoms with Crippen LogP contribution in [0.4, 0.5) is 8.78 Å². The highest BCUT2D eigenvalue weighted by molar-refractivity contribution is 9.10. The van der Waals surface area contributed by atoms with E-state index in [0.717, 1.165) is 22.2 Å². The lowest BCUT2D eigenvalue weighted by atomic mass is 10.2. The quantitative estimate of drug-likeness (QED) is 0.644. The summed E-state index contributed by atoms with van der Waals surface area (Å²) in [5.41, 5.74) is 0.863. The lowest BCUT2D eigenvalue weighted by molar-refractivity contribution is -0.127. The van der Waals surface area contributed by atoms with Crippen LogP contribution in [-0.4, -0.2) is 49.7 Å². The van der Waals surface area contributed by atoms with Gasteiger partial charge in [-0.3, -0.25) is 4.79 Å². The number of sulfonamides is 1. The van der Waals surface area contributed by atoms with Crippen LogP contribution in [0.2, 0.25) is 0 Å². The number of carbonyl (C=O) groups excluding carboxylic acids is 1. The molecule has 0 radical (unpaired) electrons. The summed E-state index contributed by atoms with van der Waals surface area (Å²) in [7, 11) is -3.94. The van der Waals surface area contributed by atoms with Crippen molar-refractivity contribution in [3.8, 4) is 0 Å². The SMILES string of the molecule is O=C(/C=C/c1cccc(Br)c1)N1CCN(S(=O)(=O)c2ccc(F)c(F)c2)CC1. The highest BCUT2D eigenvalue weighted by atomic mass is 79.9. The maximum Gasteiger partial charge on any atom is 0.246 e. The van der Waals surface area contributed by atoms with Gasteiger partial charge in [0.1, 0.15) is 0 Å². The molecular formula is C19H17BrF2N2O3S. The first-order valence-electron chi connectivity index (χ1n) is 8.45. The van der Waals surface area contributed by atoms with Gasteiger partial charge in [-0.05, 0) is 42.0 Å². The normalized spacial score (nSPS) is 15.9. The second-order valence-corrected chi connectivity index (χ2v) is 9.05. The number of nitrogens with zero attached hydrogens (tertiary/aromatic N) is 2. The van der Waals surface area contributed by atoms with Crippen molar-refractivity contribution in [3.63, 3.8) is 0 Å². The van der Waals surface area contributed by atoms with Crippen molar-refractivity contribution in [3.05, 3.63) is 70.2 Å². The summed E-state index contributed by atoms with van der Waals surface area (Å²) in [5, 5.41) is 0. The van der Waals surface area contributed by atoms with E-state index >= 15 is 0 Å². The van der Waals surface area contributed by atoms with E-state index in [0.29, 0.717) is 6.07 Å². The summed E-state index contributed by atoms with van der Waals surface area (Å²) >= 11 is 3.36. The molecule has 2 aromatic carbocycles. The number of hydrogen-bond donors (Lipinski definition) is 0. The Morgan fingerprint density at radius 3 is 2.36 bits per heavy atom. The van der Waals surface area contributed by atoms with E-state index in [1.165, 1.54) is 10.4 Å². The van der Waals surface area contributed by atoms with Crippen LogP contribution in [0.3, 0.4) is 0 Å². The maximum atomic E-state index is 13.4. The number of carbonyl (C=O) groups is 1. The van der Waals surface area contributed by atoms with Crippen LogP contribution in [0.1, 0.15) is 5.56 Å². The number of hydrogen-bond acceptors (Lipinski definition) is 3. The Kier molecular flexibility index (Phi) is 6.26. The molecule has 0 spiro atoms. The van der Waals surface area contributed by atoms with Crippen LogP contribution < -0.4 is 0 Å². The summed E-state index contributed by atoms with van der Waals surface area (Å²) in [6.45, 7) is 0.588. The van der Waals surface area contributed by atoms with Gasteiger partial charge in [0, 0.05) is 36.7 Å². The van der Waals surface area contributed by atoms with E-state index in [2.05, 4.69) is 15.9 Å². The van der Waals surface area contributed by atoms with Gasteiger partial charge in [0.05, 0.1) is 4.90 Å². The molecule has 2 aromatic rings. The molecule has 5 nitrogen and oxygen atoms in total. The van der Waals surface area contributed by atoms with E-state index in [9.17, 15) is 22.0 Å². The highest BCUT2D eigenvalue weighted by Gasteiger charge is 2.30. The minimum atomic E-state index is -3.94. The third kappa shape index (κ3) is 4.65. The molecule has 0 aliphatic carbocycles. The fourth-order valence-electron chi connectivity index (χ4n) is 2.82. The fourth-order valence-corrected chi connectivity index (χ4v) is 4.67. The second-order valence-electron chi connectivity index (χ2n) is 6.19. The second kappa shape index (κ2) is 8.50. The van der Waals surface area contributed by atoms with Gasteiger partial charge < -0.3 is 4.90 Å². The minimum absolute atomic E-state index is 0.0811. The molecule has 148 valence electrons. The summed E-state index contributed by atoms with van der Waals surface area (Å²) in [6, 6.07) is 9.96. The van der Waals surface area contributed by atoms with Gasteiger partial charge in [-0.15, -0.1) is 0 Å². The predicted octanol–water partition coefficient (Wildman–Crippen LogP) is 3.27. The van der Waals surface area contributed by atoms with E-state index < -0.39 is 21.7 Å². The Balaban J connectivity index is 1.63. The van der Waals surface area contributed by atoms with Gasteiger partial charge in [0.25, 0.3) is 0 Å². The zero-order valence-corrected chi connectivity index (χ0v) is 17.1. The maximum absolute atomic E-state index is 13.4. The summed E-state index contributed by atoms with van der Waals surface area (Å²) in [4.78, 5) is 13.6. The Labute approximate surface area is 170 Å². The first-order chi connectivity index (χ1) is 13.3. The van der Waals surface area contributed by atoms with E-state index in [-0.39, 0.29) is 37.0 Å². The van der Waals surface area contributed by atoms with Gasteiger partial charge in [-0.25, -0.2) is 17.2 Å². The van der Waals surface area contributed by atoms with Crippen LogP contribution in [0.25, 0.3) is 6.08 Å². The van der Waals surface area contributed by atoms with E-state index in [4.69, 9.17) is 0 Å². The Morgan fingerprint density at radius 1 is 1.00 bits per heavy atom. The fraction of sp³-hybridized carbons (Fsp3) is 0.211. The van der Waals surface area contributed by atoms with E-state index in [1.807, 2.05) is 24.3 Å². The van der Waals surface area contributed by atoms with Crippen molar-refractivity contribution >= 4 is 37.9 Å². The molecule has 28 heavy (non-hydrogen) atoms. The zero-order valence-electron chi connectivity index (χ0n) is 14.7. The van der Waals surface area contributed by atoms with Gasteiger partial charge in [0.2, 0.25) is 15.9 Å². The largest absolute Gasteiger partial charge is 0.337 e. The number of benzene rings is 2. The predicted molar refractivity (Wildman–Crippen MR) is 105 cm³/mol. The summed E-state index contributed by atoms with van der Waals surface area (Å²) in [5.74, 6) is -2.54. The molecule has 1 aliphatic rings. The molecule has 0 saturated carbocycles. The van der Waals surface area contributed by atoms with Crippen LogP contribution in [0.15, 0.2) is 57.9 Å². The molecule has 1 amide bonds. The number of halogens is 3. The van der Waals surface area contributed by atoms with Crippen LogP contribution in [0.5, 0.6) is 0 Å². The third-order valence-corrected chi connectivity index (χ3v) is 6.73. The van der Waals surface area contributed by atoms with Crippen molar-refractivity contribution in [2.24, 2.45) is 0 Å². The first-order valence-corrected chi connectivity index (χ1v) is 10.7. The highest BCUT2D eigenvalue weighted by Crippen LogP contribution is 2.20. The Morgan fingerprint density at radius 2 is 1.71 bits per heavy atom. The summed E-state index contributed by atoms with van der Waals surface area (Å²) in [6.07, 6.45) is 3.14. The molecule has 0 N–H and O–H groups in total. The smallest absolute Gasteiger partial charge is 0.246 e. The van der Waals surface area contributed by atoms with Gasteiger partial charge in [-0.1, -0.05) is 28.1 Å². The molecular weight excluding hydrogens is 454 g/mol. The number of amides is 1. The molecule has 0 aromatic heterocycles. The van der Waals surface area contributed by atoms with Crippen LogP contribution >= 0.6 is 15.9 Å². The molecule has 1 aliphatic heterocycles. The van der Waals surface area contributed by atoms with Crippen molar-refractivity contribution in [1.82, 2.24) is 9.21 Å². The average Bonchev–Trinajstić information content (AvgIpc) is 2.68. The topological polar surface area (TPSA) is 57.7 Å². The summed E-state index contributed by atoms with van der Waals surface area (Å²) < 4.78 is 53.7. The monoisotopic (exact) mass is 470 g/mol.